The molecule has 1 aromatic carbocycles. The number of hydrogen-bond acceptors (Lipinski definition) is 3. The molecule has 134 valence electrons. The fourth-order valence-corrected chi connectivity index (χ4v) is 3.89. The van der Waals surface area contributed by atoms with Crippen molar-refractivity contribution < 1.29 is 19.5 Å². The average Bonchev–Trinajstić information content (AvgIpc) is 2.99. The first-order valence-corrected chi connectivity index (χ1v) is 8.68. The van der Waals surface area contributed by atoms with Crippen molar-refractivity contribution in [2.75, 3.05) is 19.6 Å². The van der Waals surface area contributed by atoms with Crippen molar-refractivity contribution >= 4 is 17.8 Å². The second kappa shape index (κ2) is 6.50. The number of hydrogen-bond donors (Lipinski definition) is 1. The normalized spacial score (nSPS) is 25.6. The predicted octanol–water partition coefficient (Wildman–Crippen LogP) is 1.85. The van der Waals surface area contributed by atoms with Crippen molar-refractivity contribution in [2.45, 2.75) is 39.2 Å². The zero-order chi connectivity index (χ0) is 18.2. The van der Waals surface area contributed by atoms with Crippen molar-refractivity contribution in [2.24, 2.45) is 5.41 Å². The standard InChI is InChI=1S/C19H24N2O4/c1-13(22)21-9-7-14-5-3-4-6-15(14)16(21)11-17(23)20-10-8-19(2,12-20)18(24)25/h3-6,16H,7-12H2,1-2H3,(H,24,25)/t16-,19+/m0/s1. The average molecular weight is 344 g/mol. The number of carboxylic acids is 1. The summed E-state index contributed by atoms with van der Waals surface area (Å²) in [5.74, 6) is -0.988. The third-order valence-electron chi connectivity index (χ3n) is 5.53. The van der Waals surface area contributed by atoms with Crippen LogP contribution in [0.3, 0.4) is 0 Å². The van der Waals surface area contributed by atoms with Crippen LogP contribution in [0.1, 0.15) is 43.9 Å². The van der Waals surface area contributed by atoms with Crippen LogP contribution in [0.4, 0.5) is 0 Å². The minimum atomic E-state index is -0.875. The van der Waals surface area contributed by atoms with E-state index in [1.54, 1.807) is 16.7 Å². The van der Waals surface area contributed by atoms with Crippen LogP contribution in [0.15, 0.2) is 24.3 Å². The molecule has 6 nitrogen and oxygen atoms in total. The van der Waals surface area contributed by atoms with Crippen molar-refractivity contribution in [1.82, 2.24) is 9.80 Å². The number of aliphatic carboxylic acids is 1. The highest BCUT2D eigenvalue weighted by molar-refractivity contribution is 5.82. The minimum absolute atomic E-state index is 0.0379. The molecule has 3 rings (SSSR count). The highest BCUT2D eigenvalue weighted by Gasteiger charge is 2.43. The second-order valence-corrected chi connectivity index (χ2v) is 7.31. The van der Waals surface area contributed by atoms with Crippen LogP contribution in [0, 0.1) is 5.41 Å². The Kier molecular flexibility index (Phi) is 4.54. The molecule has 0 bridgehead atoms. The monoisotopic (exact) mass is 344 g/mol. The number of rotatable bonds is 3. The van der Waals surface area contributed by atoms with Gasteiger partial charge in [-0.25, -0.2) is 0 Å². The molecule has 2 heterocycles. The fourth-order valence-electron chi connectivity index (χ4n) is 3.89. The number of benzene rings is 1. The van der Waals surface area contributed by atoms with E-state index in [1.165, 1.54) is 12.5 Å². The number of nitrogens with zero attached hydrogens (tertiary/aromatic N) is 2. The van der Waals surface area contributed by atoms with Crippen LogP contribution in [0.25, 0.3) is 0 Å². The summed E-state index contributed by atoms with van der Waals surface area (Å²) in [7, 11) is 0. The molecule has 6 heteroatoms. The Morgan fingerprint density at radius 1 is 1.24 bits per heavy atom. The molecule has 2 amide bonds. The summed E-state index contributed by atoms with van der Waals surface area (Å²) in [6, 6.07) is 7.65. The molecule has 1 saturated heterocycles. The van der Waals surface area contributed by atoms with Crippen molar-refractivity contribution in [3.05, 3.63) is 35.4 Å². The SMILES string of the molecule is CC(=O)N1CCc2ccccc2[C@@H]1CC(=O)N1CC[C@@](C)(C(=O)O)C1. The molecule has 25 heavy (non-hydrogen) atoms. The maximum atomic E-state index is 12.8. The van der Waals surface area contributed by atoms with E-state index < -0.39 is 11.4 Å². The minimum Gasteiger partial charge on any atom is -0.481 e. The smallest absolute Gasteiger partial charge is 0.311 e. The summed E-state index contributed by atoms with van der Waals surface area (Å²) >= 11 is 0. The first kappa shape index (κ1) is 17.5. The maximum absolute atomic E-state index is 12.8. The lowest BCUT2D eigenvalue weighted by Gasteiger charge is -2.37. The molecular weight excluding hydrogens is 320 g/mol. The third-order valence-corrected chi connectivity index (χ3v) is 5.53. The Morgan fingerprint density at radius 2 is 1.96 bits per heavy atom. The molecule has 1 N–H and O–H groups in total. The molecule has 0 spiro atoms. The molecule has 1 fully saturated rings. The van der Waals surface area contributed by atoms with Gasteiger partial charge in [-0.15, -0.1) is 0 Å². The summed E-state index contributed by atoms with van der Waals surface area (Å²) in [6.07, 6.45) is 1.46. The molecule has 0 unspecified atom stereocenters. The van der Waals surface area contributed by atoms with Crippen molar-refractivity contribution in [3.63, 3.8) is 0 Å². The van der Waals surface area contributed by atoms with E-state index in [9.17, 15) is 19.5 Å². The number of likely N-dealkylation sites (tertiary alicyclic amines) is 1. The van der Waals surface area contributed by atoms with Crippen LogP contribution in [0.5, 0.6) is 0 Å². The Hall–Kier alpha value is -2.37. The van der Waals surface area contributed by atoms with E-state index in [-0.39, 0.29) is 30.8 Å². The predicted molar refractivity (Wildman–Crippen MR) is 91.8 cm³/mol. The Bertz CT molecular complexity index is 717. The summed E-state index contributed by atoms with van der Waals surface area (Å²) in [5, 5.41) is 9.35. The highest BCUT2D eigenvalue weighted by Crippen LogP contribution is 2.35. The first-order valence-electron chi connectivity index (χ1n) is 8.68. The quantitative estimate of drug-likeness (QED) is 0.908. The van der Waals surface area contributed by atoms with E-state index in [0.29, 0.717) is 19.5 Å². The first-order chi connectivity index (χ1) is 11.8. The third kappa shape index (κ3) is 3.25. The Morgan fingerprint density at radius 3 is 2.60 bits per heavy atom. The van der Waals surface area contributed by atoms with Gasteiger partial charge < -0.3 is 14.9 Å². The summed E-state index contributed by atoms with van der Waals surface area (Å²) < 4.78 is 0. The molecule has 1 aromatic rings. The topological polar surface area (TPSA) is 77.9 Å². The number of carbonyl (C=O) groups is 3. The van der Waals surface area contributed by atoms with Gasteiger partial charge in [-0.1, -0.05) is 24.3 Å². The zero-order valence-corrected chi connectivity index (χ0v) is 14.7. The molecule has 0 saturated carbocycles. The lowest BCUT2D eigenvalue weighted by Crippen LogP contribution is -2.42. The number of carboxylic acid groups (broad SMARTS) is 1. The second-order valence-electron chi connectivity index (χ2n) is 7.31. The van der Waals surface area contributed by atoms with Gasteiger partial charge in [0.2, 0.25) is 11.8 Å². The zero-order valence-electron chi connectivity index (χ0n) is 14.7. The van der Waals surface area contributed by atoms with E-state index >= 15 is 0 Å². The van der Waals surface area contributed by atoms with E-state index in [1.807, 2.05) is 24.3 Å². The van der Waals surface area contributed by atoms with Crippen molar-refractivity contribution in [1.29, 1.82) is 0 Å². The molecule has 0 aromatic heterocycles. The number of carbonyl (C=O) groups excluding carboxylic acids is 2. The van der Waals surface area contributed by atoms with Gasteiger partial charge in [-0.3, -0.25) is 14.4 Å². The molecule has 2 aliphatic rings. The van der Waals surface area contributed by atoms with Gasteiger partial charge in [0.25, 0.3) is 0 Å². The van der Waals surface area contributed by atoms with Gasteiger partial charge in [-0.2, -0.15) is 0 Å². The largest absolute Gasteiger partial charge is 0.481 e. The summed E-state index contributed by atoms with van der Waals surface area (Å²) in [6.45, 7) is 4.51. The Balaban J connectivity index is 1.79. The van der Waals surface area contributed by atoms with Gasteiger partial charge in [0.05, 0.1) is 17.9 Å². The van der Waals surface area contributed by atoms with Gasteiger partial charge in [0.1, 0.15) is 0 Å². The van der Waals surface area contributed by atoms with Crippen LogP contribution in [0.2, 0.25) is 0 Å². The van der Waals surface area contributed by atoms with Crippen molar-refractivity contribution in [3.8, 4) is 0 Å². The van der Waals surface area contributed by atoms with Crippen LogP contribution >= 0.6 is 0 Å². The lowest BCUT2D eigenvalue weighted by atomic mass is 9.89. The maximum Gasteiger partial charge on any atom is 0.311 e. The Labute approximate surface area is 147 Å². The molecule has 2 atom stereocenters. The van der Waals surface area contributed by atoms with Gasteiger partial charge in [0, 0.05) is 26.6 Å². The molecule has 0 radical (unpaired) electrons. The lowest BCUT2D eigenvalue weighted by molar-refractivity contribution is -0.147. The van der Waals surface area contributed by atoms with Gasteiger partial charge in [0.15, 0.2) is 0 Å². The molecular formula is C19H24N2O4. The van der Waals surface area contributed by atoms with Crippen LogP contribution < -0.4 is 0 Å². The summed E-state index contributed by atoms with van der Waals surface area (Å²) in [5.41, 5.74) is 1.33. The van der Waals surface area contributed by atoms with Gasteiger partial charge >= 0.3 is 5.97 Å². The molecule has 2 aliphatic heterocycles. The van der Waals surface area contributed by atoms with Gasteiger partial charge in [-0.05, 0) is 30.9 Å². The number of amides is 2. The van der Waals surface area contributed by atoms with E-state index in [0.717, 1.165) is 12.0 Å². The van der Waals surface area contributed by atoms with E-state index in [4.69, 9.17) is 0 Å². The fraction of sp³-hybridized carbons (Fsp3) is 0.526. The summed E-state index contributed by atoms with van der Waals surface area (Å²) in [4.78, 5) is 39.6. The van der Waals surface area contributed by atoms with Crippen LogP contribution in [-0.4, -0.2) is 52.3 Å². The van der Waals surface area contributed by atoms with E-state index in [2.05, 4.69) is 0 Å². The highest BCUT2D eigenvalue weighted by atomic mass is 16.4. The molecule has 0 aliphatic carbocycles. The number of fused-ring (bicyclic) bond motifs is 1. The van der Waals surface area contributed by atoms with Crippen LogP contribution in [-0.2, 0) is 20.8 Å².